The van der Waals surface area contributed by atoms with Gasteiger partial charge in [-0.15, -0.1) is 0 Å². The fraction of sp³-hybridized carbons (Fsp3) is 0.0667. The van der Waals surface area contributed by atoms with Crippen LogP contribution in [0.25, 0.3) is 0 Å². The molecule has 0 atom stereocenters. The first kappa shape index (κ1) is 13.7. The maximum atomic E-state index is 12.7. The summed E-state index contributed by atoms with van der Waals surface area (Å²) in [6.07, 6.45) is 0. The van der Waals surface area contributed by atoms with E-state index in [9.17, 15) is 14.0 Å². The molecule has 0 radical (unpaired) electrons. The highest BCUT2D eigenvalue weighted by molar-refractivity contribution is 5.92. The normalized spacial score (nSPS) is 10.1. The van der Waals surface area contributed by atoms with Crippen molar-refractivity contribution < 1.29 is 18.7 Å². The Hall–Kier alpha value is -2.69. The molecule has 0 aliphatic heterocycles. The summed E-state index contributed by atoms with van der Waals surface area (Å²) in [6.45, 7) is 0.0647. The zero-order valence-electron chi connectivity index (χ0n) is 10.5. The summed E-state index contributed by atoms with van der Waals surface area (Å²) < 4.78 is 17.8. The number of carbonyl (C=O) groups excluding carboxylic acids is 2. The number of halogens is 1. The molecule has 0 aromatic heterocycles. The second-order valence-electron chi connectivity index (χ2n) is 4.14. The molecule has 0 fully saturated rings. The lowest BCUT2D eigenvalue weighted by Crippen LogP contribution is -2.11. The zero-order chi connectivity index (χ0) is 14.5. The van der Waals surface area contributed by atoms with Crippen molar-refractivity contribution in [1.29, 1.82) is 0 Å². The number of primary amides is 1. The molecule has 0 aliphatic carbocycles. The van der Waals surface area contributed by atoms with E-state index in [2.05, 4.69) is 0 Å². The highest BCUT2D eigenvalue weighted by Gasteiger charge is 2.07. The van der Waals surface area contributed by atoms with Gasteiger partial charge >= 0.3 is 5.97 Å². The van der Waals surface area contributed by atoms with Gasteiger partial charge in [0.15, 0.2) is 0 Å². The first-order valence-electron chi connectivity index (χ1n) is 5.87. The Bertz CT molecular complexity index is 621. The molecule has 0 aliphatic rings. The first-order chi connectivity index (χ1) is 9.56. The number of hydrogen-bond donors (Lipinski definition) is 1. The van der Waals surface area contributed by atoms with E-state index in [4.69, 9.17) is 10.5 Å². The summed E-state index contributed by atoms with van der Waals surface area (Å²) in [5, 5.41) is 0. The van der Waals surface area contributed by atoms with E-state index in [1.807, 2.05) is 0 Å². The molecule has 0 saturated heterocycles. The summed E-state index contributed by atoms with van der Waals surface area (Å²) in [5.41, 5.74) is 6.51. The van der Waals surface area contributed by atoms with Crippen molar-refractivity contribution in [1.82, 2.24) is 0 Å². The Morgan fingerprint density at radius 3 is 2.05 bits per heavy atom. The lowest BCUT2D eigenvalue weighted by molar-refractivity contribution is 0.0472. The van der Waals surface area contributed by atoms with Crippen LogP contribution in [-0.4, -0.2) is 11.9 Å². The minimum Gasteiger partial charge on any atom is -0.457 e. The van der Waals surface area contributed by atoms with Gasteiger partial charge in [-0.1, -0.05) is 12.1 Å². The molecule has 2 aromatic carbocycles. The number of ether oxygens (including phenoxy) is 1. The third kappa shape index (κ3) is 3.41. The molecule has 20 heavy (non-hydrogen) atoms. The van der Waals surface area contributed by atoms with Crippen LogP contribution in [-0.2, 0) is 11.3 Å². The summed E-state index contributed by atoms with van der Waals surface area (Å²) in [4.78, 5) is 22.6. The average Bonchev–Trinajstić information content (AvgIpc) is 2.46. The second-order valence-corrected chi connectivity index (χ2v) is 4.14. The Kier molecular flexibility index (Phi) is 4.10. The quantitative estimate of drug-likeness (QED) is 0.869. The highest BCUT2D eigenvalue weighted by Crippen LogP contribution is 2.09. The van der Waals surface area contributed by atoms with Gasteiger partial charge in [0.2, 0.25) is 5.91 Å². The van der Waals surface area contributed by atoms with Crippen molar-refractivity contribution in [2.24, 2.45) is 5.73 Å². The standard InChI is InChI=1S/C15H12FNO3/c16-13-7-5-12(6-8-13)15(19)20-9-10-1-3-11(4-2-10)14(17)18/h1-8H,9H2,(H2,17,18). The number of rotatable bonds is 4. The van der Waals surface area contributed by atoms with E-state index in [0.29, 0.717) is 5.56 Å². The molecule has 1 amide bonds. The van der Waals surface area contributed by atoms with Gasteiger partial charge in [-0.05, 0) is 42.0 Å². The molecule has 102 valence electrons. The van der Waals surface area contributed by atoms with E-state index >= 15 is 0 Å². The highest BCUT2D eigenvalue weighted by atomic mass is 19.1. The van der Waals surface area contributed by atoms with Crippen LogP contribution >= 0.6 is 0 Å². The van der Waals surface area contributed by atoms with Crippen LogP contribution in [0.4, 0.5) is 4.39 Å². The molecular formula is C15H12FNO3. The summed E-state index contributed by atoms with van der Waals surface area (Å²) in [7, 11) is 0. The third-order valence-corrected chi connectivity index (χ3v) is 2.69. The first-order valence-corrected chi connectivity index (χ1v) is 5.87. The Balaban J connectivity index is 1.96. The number of amides is 1. The molecule has 2 aromatic rings. The van der Waals surface area contributed by atoms with Crippen LogP contribution < -0.4 is 5.73 Å². The monoisotopic (exact) mass is 273 g/mol. The van der Waals surface area contributed by atoms with Gasteiger partial charge in [0.1, 0.15) is 12.4 Å². The predicted molar refractivity (Wildman–Crippen MR) is 70.5 cm³/mol. The maximum absolute atomic E-state index is 12.7. The van der Waals surface area contributed by atoms with E-state index in [0.717, 1.165) is 5.56 Å². The molecule has 2 N–H and O–H groups in total. The average molecular weight is 273 g/mol. The van der Waals surface area contributed by atoms with Crippen LogP contribution in [0, 0.1) is 5.82 Å². The smallest absolute Gasteiger partial charge is 0.338 e. The van der Waals surface area contributed by atoms with Gasteiger partial charge in [0.25, 0.3) is 0 Å². The van der Waals surface area contributed by atoms with E-state index < -0.39 is 17.7 Å². The lowest BCUT2D eigenvalue weighted by atomic mass is 10.1. The van der Waals surface area contributed by atoms with E-state index in [1.165, 1.54) is 24.3 Å². The van der Waals surface area contributed by atoms with Gasteiger partial charge in [0, 0.05) is 5.56 Å². The Labute approximate surface area is 115 Å². The SMILES string of the molecule is NC(=O)c1ccc(COC(=O)c2ccc(F)cc2)cc1. The summed E-state index contributed by atoms with van der Waals surface area (Å²) >= 11 is 0. The molecule has 0 heterocycles. The third-order valence-electron chi connectivity index (χ3n) is 2.69. The minimum atomic E-state index is -0.538. The minimum absolute atomic E-state index is 0.0647. The fourth-order valence-electron chi connectivity index (χ4n) is 1.58. The van der Waals surface area contributed by atoms with Crippen molar-refractivity contribution in [2.75, 3.05) is 0 Å². The molecule has 0 saturated carbocycles. The van der Waals surface area contributed by atoms with Crippen molar-refractivity contribution in [3.63, 3.8) is 0 Å². The Morgan fingerprint density at radius 1 is 0.950 bits per heavy atom. The van der Waals surface area contributed by atoms with Crippen LogP contribution in [0.5, 0.6) is 0 Å². The van der Waals surface area contributed by atoms with Crippen LogP contribution in [0.15, 0.2) is 48.5 Å². The van der Waals surface area contributed by atoms with Crippen molar-refractivity contribution in [3.8, 4) is 0 Å². The van der Waals surface area contributed by atoms with Crippen LogP contribution in [0.1, 0.15) is 26.3 Å². The van der Waals surface area contributed by atoms with Gasteiger partial charge < -0.3 is 10.5 Å². The fourth-order valence-corrected chi connectivity index (χ4v) is 1.58. The molecule has 0 unspecified atom stereocenters. The molecule has 0 spiro atoms. The summed E-state index contributed by atoms with van der Waals surface area (Å²) in [6, 6.07) is 11.5. The number of esters is 1. The van der Waals surface area contributed by atoms with Gasteiger partial charge in [-0.3, -0.25) is 4.79 Å². The van der Waals surface area contributed by atoms with Crippen LogP contribution in [0.2, 0.25) is 0 Å². The molecule has 4 nitrogen and oxygen atoms in total. The molecule has 5 heteroatoms. The van der Waals surface area contributed by atoms with Crippen molar-refractivity contribution in [2.45, 2.75) is 6.61 Å². The van der Waals surface area contributed by atoms with E-state index in [-0.39, 0.29) is 12.2 Å². The summed E-state index contributed by atoms with van der Waals surface area (Å²) in [5.74, 6) is -1.47. The molecular weight excluding hydrogens is 261 g/mol. The number of hydrogen-bond acceptors (Lipinski definition) is 3. The second kappa shape index (κ2) is 5.97. The number of benzene rings is 2. The zero-order valence-corrected chi connectivity index (χ0v) is 10.5. The van der Waals surface area contributed by atoms with Crippen molar-refractivity contribution >= 4 is 11.9 Å². The van der Waals surface area contributed by atoms with Crippen LogP contribution in [0.3, 0.4) is 0 Å². The number of carbonyl (C=O) groups is 2. The predicted octanol–water partition coefficient (Wildman–Crippen LogP) is 2.28. The number of nitrogens with two attached hydrogens (primary N) is 1. The van der Waals surface area contributed by atoms with E-state index in [1.54, 1.807) is 24.3 Å². The van der Waals surface area contributed by atoms with Crippen molar-refractivity contribution in [3.05, 3.63) is 71.0 Å². The largest absolute Gasteiger partial charge is 0.457 e. The lowest BCUT2D eigenvalue weighted by Gasteiger charge is -2.05. The topological polar surface area (TPSA) is 69.4 Å². The molecule has 0 bridgehead atoms. The van der Waals surface area contributed by atoms with Gasteiger partial charge in [-0.25, -0.2) is 9.18 Å². The van der Waals surface area contributed by atoms with Gasteiger partial charge in [0.05, 0.1) is 5.56 Å². The Morgan fingerprint density at radius 2 is 1.50 bits per heavy atom. The van der Waals surface area contributed by atoms with Gasteiger partial charge in [-0.2, -0.15) is 0 Å². The maximum Gasteiger partial charge on any atom is 0.338 e. The molecule has 2 rings (SSSR count).